The maximum atomic E-state index is 13.2. The van der Waals surface area contributed by atoms with E-state index in [0.29, 0.717) is 11.1 Å². The number of nitrogens with one attached hydrogen (secondary N) is 1. The van der Waals surface area contributed by atoms with Crippen LogP contribution in [0.2, 0.25) is 0 Å². The average Bonchev–Trinajstić information content (AvgIpc) is 2.77. The van der Waals surface area contributed by atoms with Crippen molar-refractivity contribution in [1.82, 2.24) is 5.32 Å². The van der Waals surface area contributed by atoms with Crippen LogP contribution in [-0.4, -0.2) is 6.18 Å². The van der Waals surface area contributed by atoms with Crippen molar-refractivity contribution in [3.05, 3.63) is 70.8 Å². The van der Waals surface area contributed by atoms with E-state index in [9.17, 15) is 22.0 Å². The Bertz CT molecular complexity index is 675. The van der Waals surface area contributed by atoms with Gasteiger partial charge in [0.15, 0.2) is 0 Å². The molecule has 0 spiro atoms. The van der Waals surface area contributed by atoms with Gasteiger partial charge in [-0.25, -0.2) is 8.78 Å². The minimum atomic E-state index is -4.42. The lowest BCUT2D eigenvalue weighted by atomic mass is 9.97. The zero-order chi connectivity index (χ0) is 15.9. The fraction of sp³-hybridized carbons (Fsp3) is 0.250. The van der Waals surface area contributed by atoms with Crippen LogP contribution in [-0.2, 0) is 6.42 Å². The Morgan fingerprint density at radius 3 is 2.09 bits per heavy atom. The zero-order valence-corrected chi connectivity index (χ0v) is 11.3. The van der Waals surface area contributed by atoms with Crippen molar-refractivity contribution in [2.24, 2.45) is 0 Å². The number of hydrogen-bond acceptors (Lipinski definition) is 1. The van der Waals surface area contributed by atoms with Crippen LogP contribution >= 0.6 is 0 Å². The first-order valence-electron chi connectivity index (χ1n) is 6.71. The molecule has 0 amide bonds. The minimum absolute atomic E-state index is 0.0816. The van der Waals surface area contributed by atoms with Crippen LogP contribution in [0.25, 0.3) is 0 Å². The van der Waals surface area contributed by atoms with E-state index in [2.05, 4.69) is 5.32 Å². The molecule has 2 atom stereocenters. The second kappa shape index (κ2) is 5.35. The summed E-state index contributed by atoms with van der Waals surface area (Å²) in [7, 11) is 0. The SMILES string of the molecule is Fc1cc(F)cc(C[C@@H]2N[C@H](C(F)(F)F)c3ccccc32)c1. The van der Waals surface area contributed by atoms with E-state index in [1.54, 1.807) is 18.2 Å². The van der Waals surface area contributed by atoms with Gasteiger partial charge >= 0.3 is 6.18 Å². The monoisotopic (exact) mass is 313 g/mol. The van der Waals surface area contributed by atoms with Gasteiger partial charge in [-0.1, -0.05) is 24.3 Å². The lowest BCUT2D eigenvalue weighted by molar-refractivity contribution is -0.156. The molecule has 2 aromatic carbocycles. The zero-order valence-electron chi connectivity index (χ0n) is 11.3. The van der Waals surface area contributed by atoms with E-state index in [0.717, 1.165) is 18.2 Å². The predicted molar refractivity (Wildman–Crippen MR) is 71.2 cm³/mol. The van der Waals surface area contributed by atoms with E-state index >= 15 is 0 Å². The van der Waals surface area contributed by atoms with E-state index in [1.165, 1.54) is 6.07 Å². The molecule has 1 heterocycles. The third kappa shape index (κ3) is 2.83. The third-order valence-electron chi connectivity index (χ3n) is 3.74. The summed E-state index contributed by atoms with van der Waals surface area (Å²) in [5, 5.41) is 2.51. The van der Waals surface area contributed by atoms with Gasteiger partial charge in [-0.3, -0.25) is 5.32 Å². The van der Waals surface area contributed by atoms with Crippen LogP contribution in [0.3, 0.4) is 0 Å². The highest BCUT2D eigenvalue weighted by Crippen LogP contribution is 2.43. The highest BCUT2D eigenvalue weighted by molar-refractivity contribution is 5.39. The van der Waals surface area contributed by atoms with Crippen molar-refractivity contribution in [2.75, 3.05) is 0 Å². The van der Waals surface area contributed by atoms with Crippen molar-refractivity contribution in [1.29, 1.82) is 0 Å². The van der Waals surface area contributed by atoms with Crippen molar-refractivity contribution in [2.45, 2.75) is 24.7 Å². The largest absolute Gasteiger partial charge is 0.407 e. The van der Waals surface area contributed by atoms with Gasteiger partial charge in [-0.05, 0) is 35.2 Å². The highest BCUT2D eigenvalue weighted by atomic mass is 19.4. The molecule has 116 valence electrons. The van der Waals surface area contributed by atoms with Crippen LogP contribution in [0.1, 0.15) is 28.8 Å². The Morgan fingerprint density at radius 1 is 0.909 bits per heavy atom. The van der Waals surface area contributed by atoms with Gasteiger partial charge in [0.1, 0.15) is 17.7 Å². The molecule has 6 heteroatoms. The highest BCUT2D eigenvalue weighted by Gasteiger charge is 2.47. The minimum Gasteiger partial charge on any atom is -0.295 e. The lowest BCUT2D eigenvalue weighted by Gasteiger charge is -2.18. The Kier molecular flexibility index (Phi) is 3.64. The molecule has 0 aromatic heterocycles. The molecule has 22 heavy (non-hydrogen) atoms. The molecule has 1 N–H and O–H groups in total. The van der Waals surface area contributed by atoms with Gasteiger partial charge in [-0.15, -0.1) is 0 Å². The van der Waals surface area contributed by atoms with Crippen LogP contribution in [0.4, 0.5) is 22.0 Å². The number of rotatable bonds is 2. The first-order valence-corrected chi connectivity index (χ1v) is 6.71. The fourth-order valence-corrected chi connectivity index (χ4v) is 2.88. The van der Waals surface area contributed by atoms with Gasteiger partial charge in [-0.2, -0.15) is 13.2 Å². The molecule has 0 unspecified atom stereocenters. The van der Waals surface area contributed by atoms with E-state index in [1.807, 2.05) is 0 Å². The van der Waals surface area contributed by atoms with Gasteiger partial charge in [0.25, 0.3) is 0 Å². The van der Waals surface area contributed by atoms with Crippen molar-refractivity contribution >= 4 is 0 Å². The normalized spacial score (nSPS) is 21.0. The average molecular weight is 313 g/mol. The van der Waals surface area contributed by atoms with Crippen LogP contribution < -0.4 is 5.32 Å². The maximum absolute atomic E-state index is 13.2. The Hall–Kier alpha value is -1.95. The molecule has 0 radical (unpaired) electrons. The first kappa shape index (κ1) is 15.0. The standard InChI is InChI=1S/C16H12F5N/c17-10-5-9(6-11(18)8-10)7-14-12-3-1-2-4-13(12)15(22-14)16(19,20)21/h1-6,8,14-15,22H,7H2/t14-,15-/m0/s1. The number of halogens is 5. The molecule has 0 saturated heterocycles. The predicted octanol–water partition coefficient (Wildman–Crippen LogP) is 4.46. The molecule has 0 saturated carbocycles. The number of fused-ring (bicyclic) bond motifs is 1. The van der Waals surface area contributed by atoms with E-state index in [4.69, 9.17) is 0 Å². The molecule has 1 aliphatic rings. The molecule has 1 nitrogen and oxygen atoms in total. The summed E-state index contributed by atoms with van der Waals surface area (Å²) in [6, 6.07) is 6.83. The van der Waals surface area contributed by atoms with Crippen molar-refractivity contribution in [3.8, 4) is 0 Å². The number of hydrogen-bond donors (Lipinski definition) is 1. The van der Waals surface area contributed by atoms with Crippen LogP contribution in [0, 0.1) is 11.6 Å². The summed E-state index contributed by atoms with van der Waals surface area (Å²) in [6.45, 7) is 0. The molecular weight excluding hydrogens is 301 g/mol. The van der Waals surface area contributed by atoms with Crippen molar-refractivity contribution in [3.63, 3.8) is 0 Å². The van der Waals surface area contributed by atoms with Crippen molar-refractivity contribution < 1.29 is 22.0 Å². The van der Waals surface area contributed by atoms with E-state index < -0.39 is 29.9 Å². The van der Waals surface area contributed by atoms with Crippen LogP contribution in [0.15, 0.2) is 42.5 Å². The fourth-order valence-electron chi connectivity index (χ4n) is 2.88. The summed E-state index contributed by atoms with van der Waals surface area (Å²) in [5.74, 6) is -1.48. The number of alkyl halides is 3. The molecule has 0 aliphatic carbocycles. The summed E-state index contributed by atoms with van der Waals surface area (Å²) in [5.41, 5.74) is 0.985. The number of benzene rings is 2. The third-order valence-corrected chi connectivity index (χ3v) is 3.74. The van der Waals surface area contributed by atoms with Gasteiger partial charge in [0.05, 0.1) is 0 Å². The van der Waals surface area contributed by atoms with E-state index in [-0.39, 0.29) is 12.0 Å². The molecule has 0 fully saturated rings. The lowest BCUT2D eigenvalue weighted by Crippen LogP contribution is -2.31. The first-order chi connectivity index (χ1) is 10.3. The Morgan fingerprint density at radius 2 is 1.50 bits per heavy atom. The molecule has 2 aromatic rings. The quantitative estimate of drug-likeness (QED) is 0.808. The smallest absolute Gasteiger partial charge is 0.295 e. The molecule has 0 bridgehead atoms. The molecular formula is C16H12F5N. The Balaban J connectivity index is 1.92. The van der Waals surface area contributed by atoms with Gasteiger partial charge in [0.2, 0.25) is 0 Å². The van der Waals surface area contributed by atoms with Gasteiger partial charge in [0, 0.05) is 12.1 Å². The topological polar surface area (TPSA) is 12.0 Å². The van der Waals surface area contributed by atoms with Gasteiger partial charge < -0.3 is 0 Å². The summed E-state index contributed by atoms with van der Waals surface area (Å²) in [6.07, 6.45) is -4.34. The summed E-state index contributed by atoms with van der Waals surface area (Å²) in [4.78, 5) is 0. The molecule has 1 aliphatic heterocycles. The maximum Gasteiger partial charge on any atom is 0.407 e. The second-order valence-electron chi connectivity index (χ2n) is 5.30. The second-order valence-corrected chi connectivity index (χ2v) is 5.30. The Labute approximate surface area is 123 Å². The van der Waals surface area contributed by atoms with Crippen LogP contribution in [0.5, 0.6) is 0 Å². The summed E-state index contributed by atoms with van der Waals surface area (Å²) >= 11 is 0. The summed E-state index contributed by atoms with van der Waals surface area (Å²) < 4.78 is 65.7. The molecule has 3 rings (SSSR count).